The molecule has 18 heavy (non-hydrogen) atoms. The van der Waals surface area contributed by atoms with Crippen LogP contribution in [0.5, 0.6) is 0 Å². The molecule has 0 saturated carbocycles. The van der Waals surface area contributed by atoms with E-state index in [0.717, 1.165) is 16.5 Å². The van der Waals surface area contributed by atoms with E-state index >= 15 is 0 Å². The van der Waals surface area contributed by atoms with E-state index in [1.165, 1.54) is 11.8 Å². The van der Waals surface area contributed by atoms with Crippen molar-refractivity contribution >= 4 is 11.8 Å². The molecule has 0 saturated heterocycles. The molecule has 4 nitrogen and oxygen atoms in total. The second kappa shape index (κ2) is 5.12. The molecule has 5 heteroatoms. The van der Waals surface area contributed by atoms with E-state index in [9.17, 15) is 5.11 Å². The summed E-state index contributed by atoms with van der Waals surface area (Å²) in [6, 6.07) is 9.95. The first-order valence-electron chi connectivity index (χ1n) is 5.77. The summed E-state index contributed by atoms with van der Waals surface area (Å²) in [6.07, 6.45) is 0. The number of thioether (sulfide) groups is 1. The minimum absolute atomic E-state index is 0.591. The molecule has 96 valence electrons. The van der Waals surface area contributed by atoms with E-state index in [1.807, 2.05) is 41.9 Å². The van der Waals surface area contributed by atoms with Crippen LogP contribution in [0, 0.1) is 0 Å². The molecule has 0 amide bonds. The monoisotopic (exact) mass is 263 g/mol. The van der Waals surface area contributed by atoms with Crippen LogP contribution in [0.2, 0.25) is 0 Å². The lowest BCUT2D eigenvalue weighted by atomic mass is 10.2. The SMILES string of the molecule is Cn1c(SCC(C)(C)O)nnc1-c1ccccc1. The van der Waals surface area contributed by atoms with Gasteiger partial charge in [0.25, 0.3) is 0 Å². The Morgan fingerprint density at radius 2 is 1.89 bits per heavy atom. The highest BCUT2D eigenvalue weighted by molar-refractivity contribution is 7.99. The maximum atomic E-state index is 9.72. The van der Waals surface area contributed by atoms with Crippen molar-refractivity contribution in [3.8, 4) is 11.4 Å². The van der Waals surface area contributed by atoms with Gasteiger partial charge in [-0.1, -0.05) is 42.1 Å². The number of hydrogen-bond donors (Lipinski definition) is 1. The summed E-state index contributed by atoms with van der Waals surface area (Å²) >= 11 is 1.51. The molecule has 0 aliphatic carbocycles. The Labute approximate surface area is 111 Å². The quantitative estimate of drug-likeness (QED) is 0.860. The highest BCUT2D eigenvalue weighted by Crippen LogP contribution is 2.24. The second-order valence-electron chi connectivity index (χ2n) is 4.83. The van der Waals surface area contributed by atoms with Gasteiger partial charge in [0.1, 0.15) is 0 Å². The van der Waals surface area contributed by atoms with Crippen LogP contribution in [0.3, 0.4) is 0 Å². The van der Waals surface area contributed by atoms with E-state index in [1.54, 1.807) is 13.8 Å². The molecule has 0 atom stereocenters. The third-order valence-corrected chi connectivity index (χ3v) is 3.89. The van der Waals surface area contributed by atoms with Crippen LogP contribution in [-0.4, -0.2) is 31.2 Å². The van der Waals surface area contributed by atoms with E-state index in [0.29, 0.717) is 5.75 Å². The molecule has 1 N–H and O–H groups in total. The lowest BCUT2D eigenvalue weighted by Crippen LogP contribution is -2.22. The average molecular weight is 263 g/mol. The summed E-state index contributed by atoms with van der Waals surface area (Å²) in [5.41, 5.74) is 0.339. The van der Waals surface area contributed by atoms with E-state index in [-0.39, 0.29) is 0 Å². The Balaban J connectivity index is 2.19. The number of aliphatic hydroxyl groups is 1. The van der Waals surface area contributed by atoms with Crippen LogP contribution in [0.1, 0.15) is 13.8 Å². The van der Waals surface area contributed by atoms with Crippen molar-refractivity contribution in [1.82, 2.24) is 14.8 Å². The van der Waals surface area contributed by atoms with E-state index in [4.69, 9.17) is 0 Å². The van der Waals surface area contributed by atoms with Crippen molar-refractivity contribution in [2.24, 2.45) is 7.05 Å². The maximum absolute atomic E-state index is 9.72. The third-order valence-electron chi connectivity index (χ3n) is 2.42. The molecule has 1 heterocycles. The molecule has 1 aromatic carbocycles. The fourth-order valence-electron chi connectivity index (χ4n) is 1.52. The van der Waals surface area contributed by atoms with E-state index < -0.39 is 5.60 Å². The van der Waals surface area contributed by atoms with Crippen molar-refractivity contribution in [1.29, 1.82) is 0 Å². The van der Waals surface area contributed by atoms with Gasteiger partial charge >= 0.3 is 0 Å². The molecule has 2 aromatic rings. The number of aromatic nitrogens is 3. The Bertz CT molecular complexity index is 517. The van der Waals surface area contributed by atoms with Crippen LogP contribution >= 0.6 is 11.8 Å². The average Bonchev–Trinajstić information content (AvgIpc) is 2.68. The lowest BCUT2D eigenvalue weighted by molar-refractivity contribution is 0.107. The first-order valence-corrected chi connectivity index (χ1v) is 6.76. The van der Waals surface area contributed by atoms with Crippen molar-refractivity contribution in [3.05, 3.63) is 30.3 Å². The first kappa shape index (κ1) is 13.1. The molecule has 0 spiro atoms. The van der Waals surface area contributed by atoms with Gasteiger partial charge in [-0.05, 0) is 13.8 Å². The Morgan fingerprint density at radius 3 is 2.50 bits per heavy atom. The lowest BCUT2D eigenvalue weighted by Gasteiger charge is -2.15. The molecule has 0 aliphatic heterocycles. The first-order chi connectivity index (χ1) is 8.47. The molecule has 2 rings (SSSR count). The number of nitrogens with zero attached hydrogens (tertiary/aromatic N) is 3. The van der Waals surface area contributed by atoms with Crippen molar-refractivity contribution in [2.45, 2.75) is 24.6 Å². The van der Waals surface area contributed by atoms with Gasteiger partial charge in [0.2, 0.25) is 0 Å². The zero-order valence-electron chi connectivity index (χ0n) is 10.8. The molecule has 0 unspecified atom stereocenters. The topological polar surface area (TPSA) is 50.9 Å². The molecule has 0 aliphatic rings. The molecule has 0 fully saturated rings. The van der Waals surface area contributed by atoms with Crippen molar-refractivity contribution in [3.63, 3.8) is 0 Å². The van der Waals surface area contributed by atoms with Gasteiger partial charge in [-0.2, -0.15) is 0 Å². The smallest absolute Gasteiger partial charge is 0.191 e. The van der Waals surface area contributed by atoms with Crippen LogP contribution in [-0.2, 0) is 7.05 Å². The van der Waals surface area contributed by atoms with Gasteiger partial charge in [-0.15, -0.1) is 10.2 Å². The summed E-state index contributed by atoms with van der Waals surface area (Å²) in [5, 5.41) is 18.9. The largest absolute Gasteiger partial charge is 0.390 e. The summed E-state index contributed by atoms with van der Waals surface area (Å²) < 4.78 is 1.95. The zero-order valence-corrected chi connectivity index (χ0v) is 11.6. The fourth-order valence-corrected chi connectivity index (χ4v) is 2.38. The summed E-state index contributed by atoms with van der Waals surface area (Å²) in [5.74, 6) is 1.43. The Kier molecular flexibility index (Phi) is 3.73. The predicted octanol–water partition coefficient (Wildman–Crippen LogP) is 2.35. The second-order valence-corrected chi connectivity index (χ2v) is 5.77. The summed E-state index contributed by atoms with van der Waals surface area (Å²) in [6.45, 7) is 3.57. The maximum Gasteiger partial charge on any atom is 0.191 e. The van der Waals surface area contributed by atoms with Crippen molar-refractivity contribution in [2.75, 3.05) is 5.75 Å². The van der Waals surface area contributed by atoms with Gasteiger partial charge in [0, 0.05) is 18.4 Å². The van der Waals surface area contributed by atoms with Crippen LogP contribution in [0.4, 0.5) is 0 Å². The minimum Gasteiger partial charge on any atom is -0.390 e. The van der Waals surface area contributed by atoms with Crippen LogP contribution in [0.15, 0.2) is 35.5 Å². The van der Waals surface area contributed by atoms with Gasteiger partial charge in [0.05, 0.1) is 5.60 Å². The summed E-state index contributed by atoms with van der Waals surface area (Å²) in [7, 11) is 1.94. The number of benzene rings is 1. The fraction of sp³-hybridized carbons (Fsp3) is 0.385. The van der Waals surface area contributed by atoms with Crippen LogP contribution in [0.25, 0.3) is 11.4 Å². The highest BCUT2D eigenvalue weighted by atomic mass is 32.2. The van der Waals surface area contributed by atoms with Gasteiger partial charge in [-0.25, -0.2) is 0 Å². The highest BCUT2D eigenvalue weighted by Gasteiger charge is 2.16. The molecular formula is C13H17N3OS. The standard InChI is InChI=1S/C13H17N3OS/c1-13(2,17)9-18-12-15-14-11(16(12)3)10-7-5-4-6-8-10/h4-8,17H,9H2,1-3H3. The number of rotatable bonds is 4. The van der Waals surface area contributed by atoms with Gasteiger partial charge < -0.3 is 9.67 Å². The van der Waals surface area contributed by atoms with Gasteiger partial charge in [-0.3, -0.25) is 0 Å². The summed E-state index contributed by atoms with van der Waals surface area (Å²) in [4.78, 5) is 0. The Hall–Kier alpha value is -1.33. The predicted molar refractivity (Wildman–Crippen MR) is 73.5 cm³/mol. The zero-order chi connectivity index (χ0) is 13.2. The minimum atomic E-state index is -0.705. The molecule has 0 bridgehead atoms. The third kappa shape index (κ3) is 3.11. The van der Waals surface area contributed by atoms with E-state index in [2.05, 4.69) is 10.2 Å². The Morgan fingerprint density at radius 1 is 1.22 bits per heavy atom. The molecule has 1 aromatic heterocycles. The molecular weight excluding hydrogens is 246 g/mol. The van der Waals surface area contributed by atoms with Crippen molar-refractivity contribution < 1.29 is 5.11 Å². The molecule has 0 radical (unpaired) electrons. The normalized spacial score (nSPS) is 11.8. The number of hydrogen-bond acceptors (Lipinski definition) is 4. The van der Waals surface area contributed by atoms with Crippen LogP contribution < -0.4 is 0 Å². The van der Waals surface area contributed by atoms with Gasteiger partial charge in [0.15, 0.2) is 11.0 Å².